The third-order valence-corrected chi connectivity index (χ3v) is 3.48. The van der Waals surface area contributed by atoms with Crippen molar-refractivity contribution in [3.63, 3.8) is 0 Å². The molecule has 2 rings (SSSR count). The van der Waals surface area contributed by atoms with E-state index < -0.39 is 18.1 Å². The Morgan fingerprint density at radius 1 is 1.33 bits per heavy atom. The largest absolute Gasteiger partial charge is 0.471 e. The van der Waals surface area contributed by atoms with E-state index >= 15 is 0 Å². The van der Waals surface area contributed by atoms with Crippen LogP contribution in [0.15, 0.2) is 22.7 Å². The maximum atomic E-state index is 12.1. The van der Waals surface area contributed by atoms with Crippen LogP contribution in [-0.4, -0.2) is 18.1 Å². The van der Waals surface area contributed by atoms with Crippen molar-refractivity contribution in [2.75, 3.05) is 0 Å². The topological polar surface area (TPSA) is 29.1 Å². The molecule has 1 N–H and O–H groups in total. The van der Waals surface area contributed by atoms with Gasteiger partial charge in [0.25, 0.3) is 0 Å². The van der Waals surface area contributed by atoms with Crippen LogP contribution in [0.1, 0.15) is 17.5 Å². The van der Waals surface area contributed by atoms with Gasteiger partial charge >= 0.3 is 12.1 Å². The summed E-state index contributed by atoms with van der Waals surface area (Å²) >= 11 is 3.35. The summed E-state index contributed by atoms with van der Waals surface area (Å²) in [6.07, 6.45) is -3.15. The fraction of sp³-hybridized carbons (Fsp3) is 0.417. The molecular weight excluding hydrogens is 311 g/mol. The Hall–Kier alpha value is -1.04. The zero-order valence-corrected chi connectivity index (χ0v) is 10.9. The summed E-state index contributed by atoms with van der Waals surface area (Å²) in [4.78, 5) is 10.9. The van der Waals surface area contributed by atoms with E-state index in [1.165, 1.54) is 0 Å². The number of nitrogens with one attached hydrogen (secondary N) is 1. The lowest BCUT2D eigenvalue weighted by Gasteiger charge is -2.26. The van der Waals surface area contributed by atoms with Crippen LogP contribution in [0.4, 0.5) is 13.2 Å². The number of aryl methyl sites for hydroxylation is 1. The molecule has 1 aromatic rings. The normalized spacial score (nSPS) is 19.2. The monoisotopic (exact) mass is 321 g/mol. The maximum absolute atomic E-state index is 12.1. The van der Waals surface area contributed by atoms with Crippen LogP contribution in [0.2, 0.25) is 0 Å². The van der Waals surface area contributed by atoms with Crippen molar-refractivity contribution < 1.29 is 18.0 Å². The minimum Gasteiger partial charge on any atom is -0.345 e. The standard InChI is InChI=1S/C12H11BrF3NO/c13-9-3-1-8-6-10(4-2-7(8)5-9)17-11(18)12(14,15)16/h1,3,5,10H,2,4,6H2,(H,17,18)/t10-/m0/s1. The molecule has 98 valence electrons. The van der Waals surface area contributed by atoms with Crippen molar-refractivity contribution in [3.8, 4) is 0 Å². The van der Waals surface area contributed by atoms with Gasteiger partial charge in [0.05, 0.1) is 0 Å². The molecule has 0 aromatic heterocycles. The van der Waals surface area contributed by atoms with Crippen molar-refractivity contribution in [1.29, 1.82) is 0 Å². The molecule has 0 radical (unpaired) electrons. The third kappa shape index (κ3) is 3.04. The summed E-state index contributed by atoms with van der Waals surface area (Å²) in [5.41, 5.74) is 2.12. The highest BCUT2D eigenvalue weighted by molar-refractivity contribution is 9.10. The fourth-order valence-corrected chi connectivity index (χ4v) is 2.52. The van der Waals surface area contributed by atoms with Gasteiger partial charge in [0.1, 0.15) is 0 Å². The van der Waals surface area contributed by atoms with E-state index in [4.69, 9.17) is 0 Å². The number of hydrogen-bond donors (Lipinski definition) is 1. The van der Waals surface area contributed by atoms with E-state index in [0.29, 0.717) is 19.3 Å². The Morgan fingerprint density at radius 2 is 2.06 bits per heavy atom. The first kappa shape index (κ1) is 13.4. The molecule has 1 amide bonds. The Bertz CT molecular complexity index is 473. The van der Waals surface area contributed by atoms with E-state index in [9.17, 15) is 18.0 Å². The third-order valence-electron chi connectivity index (χ3n) is 2.99. The number of carbonyl (C=O) groups excluding carboxylic acids is 1. The second-order valence-electron chi connectivity index (χ2n) is 4.32. The van der Waals surface area contributed by atoms with Gasteiger partial charge in [-0.25, -0.2) is 0 Å². The van der Waals surface area contributed by atoms with Crippen molar-refractivity contribution in [2.24, 2.45) is 0 Å². The van der Waals surface area contributed by atoms with Crippen LogP contribution in [0, 0.1) is 0 Å². The smallest absolute Gasteiger partial charge is 0.345 e. The molecule has 6 heteroatoms. The van der Waals surface area contributed by atoms with Crippen molar-refractivity contribution in [3.05, 3.63) is 33.8 Å². The lowest BCUT2D eigenvalue weighted by atomic mass is 9.88. The maximum Gasteiger partial charge on any atom is 0.471 e. The number of fused-ring (bicyclic) bond motifs is 1. The first-order chi connectivity index (χ1) is 8.36. The molecule has 0 spiro atoms. The van der Waals surface area contributed by atoms with Gasteiger partial charge in [0, 0.05) is 10.5 Å². The first-order valence-electron chi connectivity index (χ1n) is 5.51. The molecule has 2 nitrogen and oxygen atoms in total. The molecule has 0 saturated heterocycles. The summed E-state index contributed by atoms with van der Waals surface area (Å²) < 4.78 is 37.4. The number of halogens is 4. The lowest BCUT2D eigenvalue weighted by Crippen LogP contribution is -2.45. The predicted octanol–water partition coefficient (Wildman–Crippen LogP) is 2.98. The molecule has 0 bridgehead atoms. The number of hydrogen-bond acceptors (Lipinski definition) is 1. The Balaban J connectivity index is 2.04. The first-order valence-corrected chi connectivity index (χ1v) is 6.30. The highest BCUT2D eigenvalue weighted by Crippen LogP contribution is 2.25. The van der Waals surface area contributed by atoms with E-state index in [1.54, 1.807) is 0 Å². The minimum atomic E-state index is -4.81. The molecule has 0 fully saturated rings. The summed E-state index contributed by atoms with van der Waals surface area (Å²) in [5.74, 6) is -1.85. The second kappa shape index (κ2) is 4.91. The molecule has 1 aliphatic carbocycles. The Morgan fingerprint density at radius 3 is 2.72 bits per heavy atom. The van der Waals surface area contributed by atoms with E-state index in [1.807, 2.05) is 23.5 Å². The molecule has 18 heavy (non-hydrogen) atoms. The quantitative estimate of drug-likeness (QED) is 0.846. The zero-order chi connectivity index (χ0) is 13.3. The minimum absolute atomic E-state index is 0.437. The number of alkyl halides is 3. The molecule has 1 aliphatic rings. The predicted molar refractivity (Wildman–Crippen MR) is 64.2 cm³/mol. The summed E-state index contributed by atoms with van der Waals surface area (Å²) in [6, 6.07) is 5.27. The van der Waals surface area contributed by atoms with Crippen LogP contribution in [0.3, 0.4) is 0 Å². The van der Waals surface area contributed by atoms with Gasteiger partial charge < -0.3 is 5.32 Å². The summed E-state index contributed by atoms with van der Waals surface area (Å²) in [7, 11) is 0. The van der Waals surface area contributed by atoms with Crippen molar-refractivity contribution >= 4 is 21.8 Å². The molecule has 0 unspecified atom stereocenters. The second-order valence-corrected chi connectivity index (χ2v) is 5.24. The highest BCUT2D eigenvalue weighted by atomic mass is 79.9. The van der Waals surface area contributed by atoms with Crippen LogP contribution >= 0.6 is 15.9 Å². The van der Waals surface area contributed by atoms with Crippen molar-refractivity contribution in [1.82, 2.24) is 5.32 Å². The molecule has 0 heterocycles. The molecule has 0 aliphatic heterocycles. The van der Waals surface area contributed by atoms with E-state index in [0.717, 1.165) is 15.6 Å². The van der Waals surface area contributed by atoms with Gasteiger partial charge in [-0.2, -0.15) is 13.2 Å². The number of rotatable bonds is 1. The number of benzene rings is 1. The fourth-order valence-electron chi connectivity index (χ4n) is 2.11. The SMILES string of the molecule is O=C(N[C@H]1CCc2cc(Br)ccc2C1)C(F)(F)F. The van der Waals surface area contributed by atoms with Gasteiger partial charge in [-0.15, -0.1) is 0 Å². The van der Waals surface area contributed by atoms with E-state index in [-0.39, 0.29) is 0 Å². The lowest BCUT2D eigenvalue weighted by molar-refractivity contribution is -0.174. The average molecular weight is 322 g/mol. The zero-order valence-electron chi connectivity index (χ0n) is 9.35. The van der Waals surface area contributed by atoms with Gasteiger partial charge in [0.2, 0.25) is 0 Å². The van der Waals surface area contributed by atoms with Gasteiger partial charge in [-0.3, -0.25) is 4.79 Å². The van der Waals surface area contributed by atoms with Crippen molar-refractivity contribution in [2.45, 2.75) is 31.5 Å². The molecular formula is C12H11BrF3NO. The van der Waals surface area contributed by atoms with Crippen LogP contribution in [0.5, 0.6) is 0 Å². The van der Waals surface area contributed by atoms with Gasteiger partial charge in [0.15, 0.2) is 0 Å². The highest BCUT2D eigenvalue weighted by Gasteiger charge is 2.40. The number of carbonyl (C=O) groups is 1. The Labute approximate surface area is 111 Å². The molecule has 0 saturated carbocycles. The van der Waals surface area contributed by atoms with Crippen LogP contribution in [0.25, 0.3) is 0 Å². The molecule has 1 aromatic carbocycles. The van der Waals surface area contributed by atoms with Crippen LogP contribution < -0.4 is 5.32 Å². The van der Waals surface area contributed by atoms with Gasteiger partial charge in [-0.05, 0) is 42.5 Å². The van der Waals surface area contributed by atoms with E-state index in [2.05, 4.69) is 15.9 Å². The number of amides is 1. The molecule has 1 atom stereocenters. The summed E-state index contributed by atoms with van der Waals surface area (Å²) in [6.45, 7) is 0. The Kier molecular flexibility index (Phi) is 3.66. The summed E-state index contributed by atoms with van der Waals surface area (Å²) in [5, 5.41) is 2.04. The average Bonchev–Trinajstić information content (AvgIpc) is 2.28. The van der Waals surface area contributed by atoms with Crippen LogP contribution in [-0.2, 0) is 17.6 Å². The van der Waals surface area contributed by atoms with Gasteiger partial charge in [-0.1, -0.05) is 22.0 Å².